The third-order valence-corrected chi connectivity index (χ3v) is 6.65. The fourth-order valence-corrected chi connectivity index (χ4v) is 4.65. The number of hydrogen-bond acceptors (Lipinski definition) is 5. The smallest absolute Gasteiger partial charge is 0.242 e. The Bertz CT molecular complexity index is 1160. The van der Waals surface area contributed by atoms with Crippen molar-refractivity contribution in [2.45, 2.75) is 58.7 Å². The summed E-state index contributed by atoms with van der Waals surface area (Å²) in [5.41, 5.74) is 0.145. The van der Waals surface area contributed by atoms with Gasteiger partial charge < -0.3 is 15.0 Å². The molecule has 0 unspecified atom stereocenters. The fourth-order valence-electron chi connectivity index (χ4n) is 3.69. The molecule has 2 rings (SSSR count). The summed E-state index contributed by atoms with van der Waals surface area (Å²) in [5, 5.41) is 2.86. The number of ether oxygens (including phenoxy) is 1. The lowest BCUT2D eigenvalue weighted by Gasteiger charge is -2.32. The van der Waals surface area contributed by atoms with Crippen LogP contribution in [0, 0.1) is 5.82 Å². The van der Waals surface area contributed by atoms with Crippen LogP contribution < -0.4 is 14.4 Å². The molecule has 0 saturated heterocycles. The van der Waals surface area contributed by atoms with Crippen molar-refractivity contribution in [3.8, 4) is 5.75 Å². The van der Waals surface area contributed by atoms with Gasteiger partial charge >= 0.3 is 0 Å². The second-order valence-electron chi connectivity index (χ2n) is 9.64. The third kappa shape index (κ3) is 8.22. The van der Waals surface area contributed by atoms with Crippen LogP contribution in [0.3, 0.4) is 0 Å². The Kier molecular flexibility index (Phi) is 9.86. The third-order valence-electron chi connectivity index (χ3n) is 5.47. The molecule has 1 atom stereocenters. The highest BCUT2D eigenvalue weighted by Gasteiger charge is 2.29. The number of nitrogens with one attached hydrogen (secondary N) is 1. The van der Waals surface area contributed by atoms with Crippen LogP contribution >= 0.6 is 0 Å². The topological polar surface area (TPSA) is 96.0 Å². The van der Waals surface area contributed by atoms with Gasteiger partial charge in [0.2, 0.25) is 21.8 Å². The Balaban J connectivity index is 2.23. The molecule has 10 heteroatoms. The lowest BCUT2D eigenvalue weighted by molar-refractivity contribution is -0.141. The average molecular weight is 522 g/mol. The van der Waals surface area contributed by atoms with Gasteiger partial charge in [-0.3, -0.25) is 13.9 Å². The van der Waals surface area contributed by atoms with Gasteiger partial charge in [-0.25, -0.2) is 12.8 Å². The van der Waals surface area contributed by atoms with E-state index in [0.29, 0.717) is 11.4 Å². The molecule has 0 aliphatic rings. The highest BCUT2D eigenvalue weighted by Crippen LogP contribution is 2.29. The standard InChI is InChI=1S/C26H36FN3O5S/c1-19(25(32)28-26(2,3)4)29(18-20-12-7-8-13-21(20)27)24(31)16-11-17-30(36(6,33)34)22-14-9-10-15-23(22)35-5/h7-10,12-15,19H,11,16-18H2,1-6H3,(H,28,32)/t19-/m1/s1. The second-order valence-corrected chi connectivity index (χ2v) is 11.5. The number of amides is 2. The summed E-state index contributed by atoms with van der Waals surface area (Å²) in [6, 6.07) is 11.9. The summed E-state index contributed by atoms with van der Waals surface area (Å²) in [4.78, 5) is 27.5. The summed E-state index contributed by atoms with van der Waals surface area (Å²) < 4.78 is 45.9. The summed E-state index contributed by atoms with van der Waals surface area (Å²) in [7, 11) is -2.21. The predicted octanol–water partition coefficient (Wildman–Crippen LogP) is 3.71. The van der Waals surface area contributed by atoms with Crippen LogP contribution in [0.5, 0.6) is 5.75 Å². The molecule has 0 heterocycles. The summed E-state index contributed by atoms with van der Waals surface area (Å²) in [6.07, 6.45) is 1.23. The Morgan fingerprint density at radius 2 is 1.69 bits per heavy atom. The lowest BCUT2D eigenvalue weighted by Crippen LogP contribution is -2.52. The number of anilines is 1. The molecule has 0 radical (unpaired) electrons. The highest BCUT2D eigenvalue weighted by atomic mass is 32.2. The van der Waals surface area contributed by atoms with Crippen molar-refractivity contribution in [1.29, 1.82) is 0 Å². The van der Waals surface area contributed by atoms with Crippen molar-refractivity contribution in [3.05, 3.63) is 59.9 Å². The quantitative estimate of drug-likeness (QED) is 0.486. The molecule has 2 aromatic carbocycles. The van der Waals surface area contributed by atoms with Crippen molar-refractivity contribution in [1.82, 2.24) is 10.2 Å². The minimum Gasteiger partial charge on any atom is -0.495 e. The molecule has 1 N–H and O–H groups in total. The zero-order chi connectivity index (χ0) is 27.1. The predicted molar refractivity (Wildman–Crippen MR) is 139 cm³/mol. The number of halogens is 1. The molecule has 0 spiro atoms. The number of methoxy groups -OCH3 is 1. The number of hydrogen-bond donors (Lipinski definition) is 1. The molecule has 0 bridgehead atoms. The molecule has 0 aromatic heterocycles. The van der Waals surface area contributed by atoms with Crippen LogP contribution in [0.1, 0.15) is 46.1 Å². The molecular weight excluding hydrogens is 485 g/mol. The molecule has 8 nitrogen and oxygen atoms in total. The van der Waals surface area contributed by atoms with Gasteiger partial charge in [0.1, 0.15) is 17.6 Å². The fraction of sp³-hybridized carbons (Fsp3) is 0.462. The van der Waals surface area contributed by atoms with Gasteiger partial charge in [0.05, 0.1) is 19.1 Å². The molecule has 198 valence electrons. The molecule has 36 heavy (non-hydrogen) atoms. The van der Waals surface area contributed by atoms with E-state index in [1.807, 2.05) is 20.8 Å². The van der Waals surface area contributed by atoms with Crippen LogP contribution in [-0.4, -0.2) is 56.6 Å². The van der Waals surface area contributed by atoms with Crippen LogP contribution in [0.25, 0.3) is 0 Å². The van der Waals surface area contributed by atoms with E-state index in [2.05, 4.69) is 5.32 Å². The lowest BCUT2D eigenvalue weighted by atomic mass is 10.1. The number of carbonyl (C=O) groups excluding carboxylic acids is 2. The SMILES string of the molecule is COc1ccccc1N(CCCC(=O)N(Cc1ccccc1F)[C@H](C)C(=O)NC(C)(C)C)S(C)(=O)=O. The van der Waals surface area contributed by atoms with Crippen LogP contribution in [0.15, 0.2) is 48.5 Å². The number of rotatable bonds is 11. The Labute approximate surface area is 213 Å². The highest BCUT2D eigenvalue weighted by molar-refractivity contribution is 7.92. The van der Waals surface area contributed by atoms with E-state index in [4.69, 9.17) is 4.74 Å². The second kappa shape index (κ2) is 12.2. The molecule has 0 aliphatic carbocycles. The van der Waals surface area contributed by atoms with Crippen molar-refractivity contribution in [2.24, 2.45) is 0 Å². The zero-order valence-corrected chi connectivity index (χ0v) is 22.6. The van der Waals surface area contributed by atoms with Crippen LogP contribution in [0.4, 0.5) is 10.1 Å². The Morgan fingerprint density at radius 1 is 1.08 bits per heavy atom. The van der Waals surface area contributed by atoms with Crippen molar-refractivity contribution in [3.63, 3.8) is 0 Å². The van der Waals surface area contributed by atoms with Gasteiger partial charge in [-0.05, 0) is 52.3 Å². The summed E-state index contributed by atoms with van der Waals surface area (Å²) in [6.45, 7) is 7.03. The van der Waals surface area contributed by atoms with Crippen molar-refractivity contribution >= 4 is 27.5 Å². The minimum atomic E-state index is -3.66. The molecule has 2 aromatic rings. The van der Waals surface area contributed by atoms with Crippen molar-refractivity contribution < 1.29 is 27.1 Å². The number of benzene rings is 2. The van der Waals surface area contributed by atoms with E-state index in [-0.39, 0.29) is 43.3 Å². The number of nitrogens with zero attached hydrogens (tertiary/aromatic N) is 2. The first-order valence-corrected chi connectivity index (χ1v) is 13.5. The maximum absolute atomic E-state index is 14.4. The largest absolute Gasteiger partial charge is 0.495 e. The van der Waals surface area contributed by atoms with Gasteiger partial charge in [0.25, 0.3) is 0 Å². The maximum Gasteiger partial charge on any atom is 0.242 e. The Hall–Kier alpha value is -3.14. The van der Waals surface area contributed by atoms with Crippen LogP contribution in [0.2, 0.25) is 0 Å². The van der Waals surface area contributed by atoms with E-state index in [1.54, 1.807) is 49.4 Å². The van der Waals surface area contributed by atoms with E-state index >= 15 is 0 Å². The first kappa shape index (κ1) is 29.1. The van der Waals surface area contributed by atoms with Gasteiger partial charge in [-0.2, -0.15) is 0 Å². The van der Waals surface area contributed by atoms with E-state index < -0.39 is 27.4 Å². The van der Waals surface area contributed by atoms with Gasteiger partial charge in [-0.1, -0.05) is 30.3 Å². The van der Waals surface area contributed by atoms with E-state index in [0.717, 1.165) is 6.26 Å². The first-order chi connectivity index (χ1) is 16.7. The molecule has 0 saturated carbocycles. The molecule has 2 amide bonds. The van der Waals surface area contributed by atoms with Crippen LogP contribution in [-0.2, 0) is 26.2 Å². The molecule has 0 aliphatic heterocycles. The van der Waals surface area contributed by atoms with Crippen molar-refractivity contribution in [2.75, 3.05) is 24.2 Å². The Morgan fingerprint density at radius 3 is 2.28 bits per heavy atom. The van der Waals surface area contributed by atoms with E-state index in [1.165, 1.54) is 22.4 Å². The molecule has 0 fully saturated rings. The minimum absolute atomic E-state index is 0.0288. The first-order valence-electron chi connectivity index (χ1n) is 11.7. The monoisotopic (exact) mass is 521 g/mol. The number of sulfonamides is 1. The van der Waals surface area contributed by atoms with E-state index in [9.17, 15) is 22.4 Å². The average Bonchev–Trinajstić information content (AvgIpc) is 2.79. The summed E-state index contributed by atoms with van der Waals surface area (Å²) >= 11 is 0. The maximum atomic E-state index is 14.4. The van der Waals surface area contributed by atoms with Gasteiger partial charge in [0.15, 0.2) is 0 Å². The zero-order valence-electron chi connectivity index (χ0n) is 21.7. The number of para-hydroxylation sites is 2. The normalized spacial score (nSPS) is 12.5. The molecular formula is C26H36FN3O5S. The van der Waals surface area contributed by atoms with Gasteiger partial charge in [-0.15, -0.1) is 0 Å². The summed E-state index contributed by atoms with van der Waals surface area (Å²) in [5.74, 6) is -0.830. The van der Waals surface area contributed by atoms with Gasteiger partial charge in [0, 0.05) is 30.6 Å². The number of carbonyl (C=O) groups is 2.